The number of rotatable bonds is 15. The van der Waals surface area contributed by atoms with E-state index >= 15 is 0 Å². The third-order valence-corrected chi connectivity index (χ3v) is 5.47. The highest BCUT2D eigenvalue weighted by Crippen LogP contribution is 2.13. The fourth-order valence-electron chi connectivity index (χ4n) is 2.57. The number of carbonyl (C=O) groups excluding carboxylic acids is 1. The van der Waals surface area contributed by atoms with Gasteiger partial charge in [0, 0.05) is 17.4 Å². The predicted octanol–water partition coefficient (Wildman–Crippen LogP) is 4.82. The lowest BCUT2D eigenvalue weighted by Crippen LogP contribution is -2.45. The Hall–Kier alpha value is -2.02. The van der Waals surface area contributed by atoms with Crippen molar-refractivity contribution in [2.24, 2.45) is 5.92 Å². The van der Waals surface area contributed by atoms with E-state index < -0.39 is 29.8 Å². The molecule has 0 aliphatic carbocycles. The van der Waals surface area contributed by atoms with Crippen LogP contribution in [0.3, 0.4) is 0 Å². The van der Waals surface area contributed by atoms with Crippen molar-refractivity contribution in [2.45, 2.75) is 72.8 Å². The average molecular weight is 440 g/mol. The molecule has 0 bridgehead atoms. The number of aliphatic carboxylic acids is 2. The van der Waals surface area contributed by atoms with Crippen LogP contribution < -0.4 is 5.32 Å². The van der Waals surface area contributed by atoms with E-state index in [9.17, 15) is 19.5 Å². The smallest absolute Gasteiger partial charge is 0.327 e. The predicted molar refractivity (Wildman–Crippen MR) is 124 cm³/mol. The lowest BCUT2D eigenvalue weighted by atomic mass is 10.1. The molecule has 0 saturated carbocycles. The Morgan fingerprint density at radius 2 is 1.50 bits per heavy atom. The molecule has 0 aliphatic heterocycles. The minimum absolute atomic E-state index is 0.230. The Morgan fingerprint density at radius 3 is 2.03 bits per heavy atom. The van der Waals surface area contributed by atoms with Gasteiger partial charge in [-0.05, 0) is 53.4 Å². The van der Waals surface area contributed by atoms with Crippen LogP contribution in [-0.4, -0.2) is 45.6 Å². The Balaban J connectivity index is 4.31. The molecule has 3 N–H and O–H groups in total. The number of nitrogens with one attached hydrogen (secondary N) is 1. The zero-order valence-corrected chi connectivity index (χ0v) is 19.7. The second kappa shape index (κ2) is 15.8. The van der Waals surface area contributed by atoms with Crippen molar-refractivity contribution in [3.8, 4) is 0 Å². The lowest BCUT2D eigenvalue weighted by Gasteiger charge is -2.16. The molecule has 0 aromatic rings. The number of hydrogen-bond acceptors (Lipinski definition) is 4. The highest BCUT2D eigenvalue weighted by Gasteiger charge is 2.24. The first-order valence-corrected chi connectivity index (χ1v) is 11.5. The van der Waals surface area contributed by atoms with Gasteiger partial charge >= 0.3 is 11.9 Å². The van der Waals surface area contributed by atoms with Gasteiger partial charge in [-0.1, -0.05) is 41.9 Å². The Morgan fingerprint density at radius 1 is 0.933 bits per heavy atom. The minimum Gasteiger partial charge on any atom is -0.481 e. The zero-order chi connectivity index (χ0) is 23.1. The number of allylic oxidation sites excluding steroid dienone is 5. The van der Waals surface area contributed by atoms with Gasteiger partial charge in [0.2, 0.25) is 5.91 Å². The molecule has 0 aromatic heterocycles. The van der Waals surface area contributed by atoms with Crippen molar-refractivity contribution in [2.75, 3.05) is 11.5 Å². The average Bonchev–Trinajstić information content (AvgIpc) is 2.62. The van der Waals surface area contributed by atoms with Crippen molar-refractivity contribution in [1.82, 2.24) is 5.32 Å². The van der Waals surface area contributed by atoms with Crippen molar-refractivity contribution < 1.29 is 24.6 Å². The molecule has 0 saturated heterocycles. The standard InChI is InChI=1S/C23H37NO5S/c1-16(2)8-6-9-17(3)10-7-11-18(4)12-13-30-15-20(23(28)29)24-22(27)19(5)14-21(25)26/h8,10,12,19-20H,6-7,9,11,13-15H2,1-5H3,(H,24,27)(H,25,26)(H,28,29)/t19-,20+/m1/s1. The molecule has 0 aliphatic rings. The molecular weight excluding hydrogens is 402 g/mol. The van der Waals surface area contributed by atoms with Crippen LogP contribution >= 0.6 is 11.8 Å². The summed E-state index contributed by atoms with van der Waals surface area (Å²) in [5.74, 6) is -2.63. The molecule has 2 atom stereocenters. The Bertz CT molecular complexity index is 663. The fraction of sp³-hybridized carbons (Fsp3) is 0.609. The SMILES string of the molecule is CC(C)=CCCC(C)=CCCC(C)=CCSC[C@H](NC(=O)[C@H](C)CC(=O)O)C(=O)O. The third-order valence-electron chi connectivity index (χ3n) is 4.50. The Kier molecular flexibility index (Phi) is 14.7. The molecule has 0 aromatic carbocycles. The normalized spacial score (nSPS) is 14.0. The van der Waals surface area contributed by atoms with Gasteiger partial charge in [-0.2, -0.15) is 11.8 Å². The van der Waals surface area contributed by atoms with Crippen molar-refractivity contribution in [3.63, 3.8) is 0 Å². The van der Waals surface area contributed by atoms with Gasteiger partial charge in [-0.15, -0.1) is 0 Å². The zero-order valence-electron chi connectivity index (χ0n) is 18.9. The molecule has 6 nitrogen and oxygen atoms in total. The van der Waals surface area contributed by atoms with E-state index in [0.29, 0.717) is 5.75 Å². The van der Waals surface area contributed by atoms with Gasteiger partial charge in [0.1, 0.15) is 6.04 Å². The summed E-state index contributed by atoms with van der Waals surface area (Å²) in [6.45, 7) is 9.91. The van der Waals surface area contributed by atoms with E-state index in [4.69, 9.17) is 5.11 Å². The first-order chi connectivity index (χ1) is 14.0. The van der Waals surface area contributed by atoms with E-state index in [2.05, 4.69) is 51.2 Å². The maximum atomic E-state index is 11.9. The molecule has 0 radical (unpaired) electrons. The van der Waals surface area contributed by atoms with Crippen LogP contribution in [0.25, 0.3) is 0 Å². The largest absolute Gasteiger partial charge is 0.481 e. The number of carboxylic acids is 2. The van der Waals surface area contributed by atoms with Crippen molar-refractivity contribution >= 4 is 29.6 Å². The molecule has 0 rings (SSSR count). The number of carboxylic acid groups (broad SMARTS) is 2. The van der Waals surface area contributed by atoms with Gasteiger partial charge in [-0.3, -0.25) is 9.59 Å². The molecule has 0 fully saturated rings. The number of thioether (sulfide) groups is 1. The maximum Gasteiger partial charge on any atom is 0.327 e. The molecular formula is C23H37NO5S. The maximum absolute atomic E-state index is 11.9. The minimum atomic E-state index is -1.12. The van der Waals surface area contributed by atoms with Crippen LogP contribution in [0.2, 0.25) is 0 Å². The van der Waals surface area contributed by atoms with E-state index in [1.807, 2.05) is 0 Å². The lowest BCUT2D eigenvalue weighted by molar-refractivity contribution is -0.143. The quantitative estimate of drug-likeness (QED) is 0.250. The van der Waals surface area contributed by atoms with Crippen LogP contribution in [-0.2, 0) is 14.4 Å². The van der Waals surface area contributed by atoms with E-state index in [1.54, 1.807) is 0 Å². The van der Waals surface area contributed by atoms with E-state index in [-0.39, 0.29) is 12.2 Å². The Labute approximate surface area is 184 Å². The summed E-state index contributed by atoms with van der Waals surface area (Å²) >= 11 is 1.43. The van der Waals surface area contributed by atoms with Crippen LogP contribution in [0.4, 0.5) is 0 Å². The second-order valence-electron chi connectivity index (χ2n) is 7.90. The molecule has 1 amide bonds. The summed E-state index contributed by atoms with van der Waals surface area (Å²) in [5.41, 5.74) is 3.99. The van der Waals surface area contributed by atoms with Gasteiger partial charge < -0.3 is 15.5 Å². The summed E-state index contributed by atoms with van der Waals surface area (Å²) in [6.07, 6.45) is 10.4. The third kappa shape index (κ3) is 14.9. The molecule has 30 heavy (non-hydrogen) atoms. The molecule has 0 spiro atoms. The number of amides is 1. The molecule has 0 heterocycles. The molecule has 0 unspecified atom stereocenters. The number of carbonyl (C=O) groups is 3. The van der Waals surface area contributed by atoms with Crippen LogP contribution in [0.15, 0.2) is 34.9 Å². The van der Waals surface area contributed by atoms with Crippen LogP contribution in [0.1, 0.15) is 66.7 Å². The van der Waals surface area contributed by atoms with Gasteiger partial charge in [0.15, 0.2) is 0 Å². The summed E-state index contributed by atoms with van der Waals surface area (Å²) in [4.78, 5) is 34.0. The first kappa shape index (κ1) is 28.0. The van der Waals surface area contributed by atoms with Gasteiger partial charge in [-0.25, -0.2) is 4.79 Å². The highest BCUT2D eigenvalue weighted by atomic mass is 32.2. The highest BCUT2D eigenvalue weighted by molar-refractivity contribution is 7.99. The summed E-state index contributed by atoms with van der Waals surface area (Å²) in [5, 5.41) is 20.4. The monoisotopic (exact) mass is 439 g/mol. The van der Waals surface area contributed by atoms with Crippen molar-refractivity contribution in [1.29, 1.82) is 0 Å². The van der Waals surface area contributed by atoms with Crippen LogP contribution in [0, 0.1) is 5.92 Å². The molecule has 170 valence electrons. The number of hydrogen-bond donors (Lipinski definition) is 3. The van der Waals surface area contributed by atoms with Gasteiger partial charge in [0.25, 0.3) is 0 Å². The second-order valence-corrected chi connectivity index (χ2v) is 8.97. The summed E-state index contributed by atoms with van der Waals surface area (Å²) in [7, 11) is 0. The fourth-order valence-corrected chi connectivity index (χ4v) is 3.57. The first-order valence-electron chi connectivity index (χ1n) is 10.3. The van der Waals surface area contributed by atoms with Gasteiger partial charge in [0.05, 0.1) is 6.42 Å². The topological polar surface area (TPSA) is 104 Å². The van der Waals surface area contributed by atoms with E-state index in [1.165, 1.54) is 35.4 Å². The summed E-state index contributed by atoms with van der Waals surface area (Å²) in [6, 6.07) is -1.03. The van der Waals surface area contributed by atoms with E-state index in [0.717, 1.165) is 25.7 Å². The van der Waals surface area contributed by atoms with Crippen LogP contribution in [0.5, 0.6) is 0 Å². The van der Waals surface area contributed by atoms with Crippen molar-refractivity contribution in [3.05, 3.63) is 34.9 Å². The summed E-state index contributed by atoms with van der Waals surface area (Å²) < 4.78 is 0. The molecule has 7 heteroatoms.